The maximum absolute atomic E-state index is 12.3. The SMILES string of the molecule is Cc1ccc(Br)cc1C(=O)Nc1c(Cl)cc(Cl)cc1Cl. The highest BCUT2D eigenvalue weighted by atomic mass is 79.9. The minimum atomic E-state index is -0.282. The van der Waals surface area contributed by atoms with Crippen molar-refractivity contribution in [3.63, 3.8) is 0 Å². The average molecular weight is 393 g/mol. The predicted molar refractivity (Wildman–Crippen MR) is 88.3 cm³/mol. The lowest BCUT2D eigenvalue weighted by Gasteiger charge is -2.11. The van der Waals surface area contributed by atoms with Crippen LogP contribution in [0.25, 0.3) is 0 Å². The monoisotopic (exact) mass is 391 g/mol. The zero-order valence-electron chi connectivity index (χ0n) is 10.3. The lowest BCUT2D eigenvalue weighted by Crippen LogP contribution is -2.14. The van der Waals surface area contributed by atoms with Crippen molar-refractivity contribution in [1.82, 2.24) is 0 Å². The summed E-state index contributed by atoms with van der Waals surface area (Å²) in [6, 6.07) is 8.51. The molecule has 0 aliphatic carbocycles. The molecule has 0 aromatic heterocycles. The van der Waals surface area contributed by atoms with Crippen LogP contribution in [0.5, 0.6) is 0 Å². The van der Waals surface area contributed by atoms with Gasteiger partial charge in [-0.2, -0.15) is 0 Å². The summed E-state index contributed by atoms with van der Waals surface area (Å²) >= 11 is 21.3. The Morgan fingerprint density at radius 1 is 1.10 bits per heavy atom. The molecule has 2 aromatic carbocycles. The molecule has 0 fully saturated rings. The van der Waals surface area contributed by atoms with Gasteiger partial charge in [-0.05, 0) is 36.8 Å². The maximum atomic E-state index is 12.3. The third kappa shape index (κ3) is 3.47. The molecule has 20 heavy (non-hydrogen) atoms. The van der Waals surface area contributed by atoms with Gasteiger partial charge in [0, 0.05) is 15.1 Å². The number of halogens is 4. The van der Waals surface area contributed by atoms with Crippen LogP contribution in [0.2, 0.25) is 15.1 Å². The van der Waals surface area contributed by atoms with E-state index in [2.05, 4.69) is 21.2 Å². The van der Waals surface area contributed by atoms with Crippen molar-refractivity contribution < 1.29 is 4.79 Å². The zero-order valence-corrected chi connectivity index (χ0v) is 14.2. The van der Waals surface area contributed by atoms with Crippen molar-refractivity contribution in [1.29, 1.82) is 0 Å². The van der Waals surface area contributed by atoms with Crippen LogP contribution >= 0.6 is 50.7 Å². The van der Waals surface area contributed by atoms with Crippen LogP contribution in [0, 0.1) is 6.92 Å². The smallest absolute Gasteiger partial charge is 0.256 e. The van der Waals surface area contributed by atoms with E-state index in [1.165, 1.54) is 12.1 Å². The molecule has 0 saturated heterocycles. The van der Waals surface area contributed by atoms with Gasteiger partial charge in [0.2, 0.25) is 0 Å². The number of nitrogens with one attached hydrogen (secondary N) is 1. The number of hydrogen-bond donors (Lipinski definition) is 1. The lowest BCUT2D eigenvalue weighted by atomic mass is 10.1. The average Bonchev–Trinajstić information content (AvgIpc) is 2.36. The van der Waals surface area contributed by atoms with E-state index >= 15 is 0 Å². The van der Waals surface area contributed by atoms with Crippen LogP contribution in [0.3, 0.4) is 0 Å². The van der Waals surface area contributed by atoms with Gasteiger partial charge in [-0.25, -0.2) is 0 Å². The first-order chi connectivity index (χ1) is 9.38. The molecule has 0 aliphatic rings. The molecule has 0 heterocycles. The largest absolute Gasteiger partial charge is 0.319 e. The van der Waals surface area contributed by atoms with E-state index in [0.717, 1.165) is 10.0 Å². The van der Waals surface area contributed by atoms with E-state index in [9.17, 15) is 4.79 Å². The number of hydrogen-bond acceptors (Lipinski definition) is 1. The van der Waals surface area contributed by atoms with Gasteiger partial charge >= 0.3 is 0 Å². The van der Waals surface area contributed by atoms with Gasteiger partial charge in [0.1, 0.15) is 0 Å². The van der Waals surface area contributed by atoms with Gasteiger partial charge in [-0.15, -0.1) is 0 Å². The Kier molecular flexibility index (Phi) is 4.97. The van der Waals surface area contributed by atoms with Gasteiger partial charge in [0.05, 0.1) is 15.7 Å². The number of amides is 1. The molecule has 0 radical (unpaired) electrons. The zero-order chi connectivity index (χ0) is 14.9. The minimum absolute atomic E-state index is 0.282. The van der Waals surface area contributed by atoms with Crippen molar-refractivity contribution in [3.8, 4) is 0 Å². The first kappa shape index (κ1) is 15.6. The number of aryl methyl sites for hydroxylation is 1. The van der Waals surface area contributed by atoms with Crippen LogP contribution < -0.4 is 5.32 Å². The molecule has 0 atom stereocenters. The van der Waals surface area contributed by atoms with Crippen molar-refractivity contribution in [2.45, 2.75) is 6.92 Å². The fraction of sp³-hybridized carbons (Fsp3) is 0.0714. The molecule has 2 nitrogen and oxygen atoms in total. The summed E-state index contributed by atoms with van der Waals surface area (Å²) in [6.07, 6.45) is 0. The van der Waals surface area contributed by atoms with Gasteiger partial charge < -0.3 is 5.32 Å². The van der Waals surface area contributed by atoms with Gasteiger partial charge in [-0.3, -0.25) is 4.79 Å². The highest BCUT2D eigenvalue weighted by molar-refractivity contribution is 9.10. The van der Waals surface area contributed by atoms with E-state index in [0.29, 0.717) is 26.3 Å². The molecule has 0 saturated carbocycles. The number of rotatable bonds is 2. The molecule has 2 rings (SSSR count). The molecule has 0 spiro atoms. The second kappa shape index (κ2) is 6.35. The Morgan fingerprint density at radius 3 is 2.30 bits per heavy atom. The fourth-order valence-electron chi connectivity index (χ4n) is 1.68. The van der Waals surface area contributed by atoms with Gasteiger partial charge in [0.25, 0.3) is 5.91 Å². The van der Waals surface area contributed by atoms with E-state index in [-0.39, 0.29) is 5.91 Å². The van der Waals surface area contributed by atoms with Crippen molar-refractivity contribution in [2.75, 3.05) is 5.32 Å². The van der Waals surface area contributed by atoms with E-state index in [1.807, 2.05) is 19.1 Å². The molecular formula is C14H9BrCl3NO. The second-order valence-corrected chi connectivity index (χ2v) is 6.32. The lowest BCUT2D eigenvalue weighted by molar-refractivity contribution is 0.102. The first-order valence-electron chi connectivity index (χ1n) is 5.60. The molecule has 6 heteroatoms. The molecule has 104 valence electrons. The Bertz CT molecular complexity index is 665. The number of carbonyl (C=O) groups is 1. The highest BCUT2D eigenvalue weighted by Crippen LogP contribution is 2.34. The first-order valence-corrected chi connectivity index (χ1v) is 7.53. The molecule has 0 aliphatic heterocycles. The van der Waals surface area contributed by atoms with Crippen LogP contribution in [0.1, 0.15) is 15.9 Å². The fourth-order valence-corrected chi connectivity index (χ4v) is 2.95. The molecule has 1 amide bonds. The van der Waals surface area contributed by atoms with Crippen molar-refractivity contribution in [3.05, 3.63) is 61.0 Å². The van der Waals surface area contributed by atoms with Crippen LogP contribution in [-0.4, -0.2) is 5.91 Å². The van der Waals surface area contributed by atoms with Crippen molar-refractivity contribution >= 4 is 62.3 Å². The summed E-state index contributed by atoms with van der Waals surface area (Å²) in [5, 5.41) is 3.71. The van der Waals surface area contributed by atoms with E-state index in [1.54, 1.807) is 6.07 Å². The third-order valence-electron chi connectivity index (χ3n) is 2.69. The summed E-state index contributed by atoms with van der Waals surface area (Å²) in [6.45, 7) is 1.85. The summed E-state index contributed by atoms with van der Waals surface area (Å²) in [7, 11) is 0. The second-order valence-electron chi connectivity index (χ2n) is 4.16. The Hall–Kier alpha value is -0.740. The number of benzene rings is 2. The third-order valence-corrected chi connectivity index (χ3v) is 4.00. The van der Waals surface area contributed by atoms with Gasteiger partial charge in [-0.1, -0.05) is 56.8 Å². The maximum Gasteiger partial charge on any atom is 0.256 e. The molecular weight excluding hydrogens is 384 g/mol. The topological polar surface area (TPSA) is 29.1 Å². The normalized spacial score (nSPS) is 10.4. The van der Waals surface area contributed by atoms with E-state index < -0.39 is 0 Å². The highest BCUT2D eigenvalue weighted by Gasteiger charge is 2.14. The van der Waals surface area contributed by atoms with Crippen LogP contribution in [0.15, 0.2) is 34.8 Å². The van der Waals surface area contributed by atoms with Crippen LogP contribution in [0.4, 0.5) is 5.69 Å². The minimum Gasteiger partial charge on any atom is -0.319 e. The molecule has 1 N–H and O–H groups in total. The summed E-state index contributed by atoms with van der Waals surface area (Å²) in [5.41, 5.74) is 1.75. The quantitative estimate of drug-likeness (QED) is 0.669. The van der Waals surface area contributed by atoms with Crippen LogP contribution in [-0.2, 0) is 0 Å². The number of anilines is 1. The Balaban J connectivity index is 2.35. The van der Waals surface area contributed by atoms with Gasteiger partial charge in [0.15, 0.2) is 0 Å². The predicted octanol–water partition coefficient (Wildman–Crippen LogP) is 5.97. The standard InChI is InChI=1S/C14H9BrCl3NO/c1-7-2-3-8(15)4-10(7)14(20)19-13-11(17)5-9(16)6-12(13)18/h2-6H,1H3,(H,19,20). The summed E-state index contributed by atoms with van der Waals surface area (Å²) in [4.78, 5) is 12.3. The Labute approximate surface area is 140 Å². The van der Waals surface area contributed by atoms with Crippen molar-refractivity contribution in [2.24, 2.45) is 0 Å². The summed E-state index contributed by atoms with van der Waals surface area (Å²) < 4.78 is 0.821. The molecule has 0 unspecified atom stereocenters. The summed E-state index contributed by atoms with van der Waals surface area (Å²) in [5.74, 6) is -0.282. The molecule has 2 aromatic rings. The number of carbonyl (C=O) groups excluding carboxylic acids is 1. The Morgan fingerprint density at radius 2 is 1.70 bits per heavy atom. The molecule has 0 bridgehead atoms. The van der Waals surface area contributed by atoms with E-state index in [4.69, 9.17) is 34.8 Å².